The molecule has 29 heavy (non-hydrogen) atoms. The Labute approximate surface area is 172 Å². The van der Waals surface area contributed by atoms with Gasteiger partial charge in [0, 0.05) is 22.0 Å². The number of hydrogen-bond donors (Lipinski definition) is 1. The third-order valence-electron chi connectivity index (χ3n) is 4.47. The molecule has 0 aliphatic heterocycles. The molecule has 1 N–H and O–H groups in total. The maximum absolute atomic E-state index is 13.0. The molecule has 0 fully saturated rings. The molecule has 0 unspecified atom stereocenters. The summed E-state index contributed by atoms with van der Waals surface area (Å²) in [5.41, 5.74) is 2.36. The van der Waals surface area contributed by atoms with Gasteiger partial charge in [0.05, 0.1) is 5.25 Å². The molecule has 0 aliphatic rings. The zero-order valence-electron chi connectivity index (χ0n) is 15.7. The van der Waals surface area contributed by atoms with Crippen LogP contribution in [-0.4, -0.2) is 21.4 Å². The van der Waals surface area contributed by atoms with Gasteiger partial charge in [-0.05, 0) is 31.2 Å². The topological polar surface area (TPSA) is 54.9 Å². The van der Waals surface area contributed by atoms with E-state index in [2.05, 4.69) is 15.5 Å². The van der Waals surface area contributed by atoms with E-state index < -0.39 is 5.25 Å². The number of halogens is 1. The molecule has 0 aliphatic carbocycles. The molecular formula is C23H18FN3OS. The number of rotatable bonds is 5. The number of nitrogens with zero attached hydrogens (tertiary/aromatic N) is 2. The lowest BCUT2D eigenvalue weighted by molar-refractivity contribution is -0.115. The van der Waals surface area contributed by atoms with Crippen LogP contribution in [0, 0.1) is 5.82 Å². The quantitative estimate of drug-likeness (QED) is 0.444. The Balaban J connectivity index is 1.59. The van der Waals surface area contributed by atoms with Crippen molar-refractivity contribution in [1.82, 2.24) is 10.2 Å². The van der Waals surface area contributed by atoms with Gasteiger partial charge in [0.1, 0.15) is 16.5 Å². The van der Waals surface area contributed by atoms with Crippen molar-refractivity contribution in [2.24, 2.45) is 0 Å². The van der Waals surface area contributed by atoms with E-state index in [0.717, 1.165) is 22.0 Å². The van der Waals surface area contributed by atoms with E-state index in [1.807, 2.05) is 61.5 Å². The van der Waals surface area contributed by atoms with Gasteiger partial charge < -0.3 is 5.32 Å². The Morgan fingerprint density at radius 1 is 0.897 bits per heavy atom. The molecule has 1 heterocycles. The predicted molar refractivity (Wildman–Crippen MR) is 115 cm³/mol. The van der Waals surface area contributed by atoms with Gasteiger partial charge in [0.2, 0.25) is 5.91 Å². The Bertz CT molecular complexity index is 1150. The first-order valence-electron chi connectivity index (χ1n) is 9.16. The molecule has 4 aromatic rings. The van der Waals surface area contributed by atoms with Crippen molar-refractivity contribution in [1.29, 1.82) is 0 Å². The summed E-state index contributed by atoms with van der Waals surface area (Å²) in [6.45, 7) is 1.81. The molecule has 0 saturated carbocycles. The number of fused-ring (bicyclic) bond motifs is 1. The zero-order valence-corrected chi connectivity index (χ0v) is 16.5. The highest BCUT2D eigenvalue weighted by atomic mass is 32.2. The van der Waals surface area contributed by atoms with Gasteiger partial charge in [-0.15, -0.1) is 10.2 Å². The number of nitrogens with one attached hydrogen (secondary N) is 1. The van der Waals surface area contributed by atoms with Crippen LogP contribution < -0.4 is 5.32 Å². The smallest absolute Gasteiger partial charge is 0.237 e. The second-order valence-electron chi connectivity index (χ2n) is 6.52. The summed E-state index contributed by atoms with van der Waals surface area (Å²) in [4.78, 5) is 12.6. The van der Waals surface area contributed by atoms with Crippen LogP contribution in [0.1, 0.15) is 6.92 Å². The standard InChI is InChI=1S/C23H18FN3OS/c1-15(22(28)25-18-13-11-17(24)12-14-18)29-23-20-10-6-5-9-19(20)21(26-27-23)16-7-3-2-4-8-16/h2-15H,1H3,(H,25,28)/t15-/m0/s1. The highest BCUT2D eigenvalue weighted by Gasteiger charge is 2.19. The van der Waals surface area contributed by atoms with E-state index in [9.17, 15) is 9.18 Å². The number of hydrogen-bond acceptors (Lipinski definition) is 4. The van der Waals surface area contributed by atoms with Gasteiger partial charge in [0.15, 0.2) is 0 Å². The van der Waals surface area contributed by atoms with E-state index >= 15 is 0 Å². The molecule has 0 spiro atoms. The summed E-state index contributed by atoms with van der Waals surface area (Å²) in [5, 5.41) is 13.9. The van der Waals surface area contributed by atoms with Crippen molar-refractivity contribution in [3.05, 3.63) is 84.7 Å². The average Bonchev–Trinajstić information content (AvgIpc) is 2.76. The molecule has 3 aromatic carbocycles. The maximum atomic E-state index is 13.0. The Morgan fingerprint density at radius 2 is 1.55 bits per heavy atom. The summed E-state index contributed by atoms with van der Waals surface area (Å²) < 4.78 is 13.0. The first kappa shape index (κ1) is 19.1. The Morgan fingerprint density at radius 3 is 2.28 bits per heavy atom. The number of benzene rings is 3. The van der Waals surface area contributed by atoms with Gasteiger partial charge in [-0.3, -0.25) is 4.79 Å². The molecule has 144 valence electrons. The van der Waals surface area contributed by atoms with Crippen molar-refractivity contribution in [2.75, 3.05) is 5.32 Å². The molecule has 0 bridgehead atoms. The Kier molecular flexibility index (Phi) is 5.53. The van der Waals surface area contributed by atoms with Gasteiger partial charge in [-0.2, -0.15) is 0 Å². The van der Waals surface area contributed by atoms with Gasteiger partial charge in [-0.1, -0.05) is 66.4 Å². The molecule has 1 aromatic heterocycles. The first-order valence-corrected chi connectivity index (χ1v) is 10.0. The summed E-state index contributed by atoms with van der Waals surface area (Å²) in [7, 11) is 0. The molecule has 4 rings (SSSR count). The van der Waals surface area contributed by atoms with Crippen LogP contribution in [0.5, 0.6) is 0 Å². The van der Waals surface area contributed by atoms with Gasteiger partial charge >= 0.3 is 0 Å². The lowest BCUT2D eigenvalue weighted by Gasteiger charge is -2.14. The summed E-state index contributed by atoms with van der Waals surface area (Å²) >= 11 is 1.35. The second-order valence-corrected chi connectivity index (χ2v) is 7.85. The van der Waals surface area contributed by atoms with Crippen molar-refractivity contribution in [2.45, 2.75) is 17.2 Å². The van der Waals surface area contributed by atoms with Crippen LogP contribution in [0.2, 0.25) is 0 Å². The Hall–Kier alpha value is -3.25. The predicted octanol–water partition coefficient (Wildman–Crippen LogP) is 5.56. The van der Waals surface area contributed by atoms with Gasteiger partial charge in [0.25, 0.3) is 0 Å². The van der Waals surface area contributed by atoms with Crippen molar-refractivity contribution >= 4 is 34.1 Å². The minimum atomic E-state index is -0.402. The number of aromatic nitrogens is 2. The number of amides is 1. The van der Waals surface area contributed by atoms with Crippen LogP contribution in [0.3, 0.4) is 0 Å². The van der Waals surface area contributed by atoms with Crippen LogP contribution in [0.15, 0.2) is 83.9 Å². The lowest BCUT2D eigenvalue weighted by Crippen LogP contribution is -2.22. The number of carbonyl (C=O) groups is 1. The van der Waals surface area contributed by atoms with Crippen molar-refractivity contribution in [3.8, 4) is 11.3 Å². The van der Waals surface area contributed by atoms with Crippen molar-refractivity contribution in [3.63, 3.8) is 0 Å². The summed E-state index contributed by atoms with van der Waals surface area (Å²) in [6, 6.07) is 23.5. The fourth-order valence-corrected chi connectivity index (χ4v) is 3.87. The van der Waals surface area contributed by atoms with E-state index in [4.69, 9.17) is 0 Å². The summed E-state index contributed by atoms with van der Waals surface area (Å²) in [5.74, 6) is -0.523. The average molecular weight is 403 g/mol. The third-order valence-corrected chi connectivity index (χ3v) is 5.56. The molecular weight excluding hydrogens is 385 g/mol. The van der Waals surface area contributed by atoms with E-state index in [-0.39, 0.29) is 11.7 Å². The SMILES string of the molecule is C[C@H](Sc1nnc(-c2ccccc2)c2ccccc12)C(=O)Nc1ccc(F)cc1. The van der Waals surface area contributed by atoms with Crippen LogP contribution in [0.4, 0.5) is 10.1 Å². The maximum Gasteiger partial charge on any atom is 0.237 e. The molecule has 6 heteroatoms. The third kappa shape index (κ3) is 4.27. The van der Waals surface area contributed by atoms with Crippen LogP contribution in [0.25, 0.3) is 22.0 Å². The fraction of sp³-hybridized carbons (Fsp3) is 0.0870. The first-order chi connectivity index (χ1) is 14.1. The minimum absolute atomic E-state index is 0.181. The molecule has 0 saturated heterocycles. The molecule has 0 radical (unpaired) electrons. The number of anilines is 1. The highest BCUT2D eigenvalue weighted by molar-refractivity contribution is 8.00. The fourth-order valence-electron chi connectivity index (χ4n) is 2.97. The highest BCUT2D eigenvalue weighted by Crippen LogP contribution is 2.33. The van der Waals surface area contributed by atoms with Crippen LogP contribution in [-0.2, 0) is 4.79 Å². The van der Waals surface area contributed by atoms with Crippen LogP contribution >= 0.6 is 11.8 Å². The van der Waals surface area contributed by atoms with E-state index in [1.165, 1.54) is 36.0 Å². The zero-order chi connectivity index (χ0) is 20.2. The largest absolute Gasteiger partial charge is 0.325 e. The summed E-state index contributed by atoms with van der Waals surface area (Å²) in [6.07, 6.45) is 0. The second kappa shape index (κ2) is 8.41. The van der Waals surface area contributed by atoms with E-state index in [0.29, 0.717) is 10.7 Å². The van der Waals surface area contributed by atoms with Gasteiger partial charge in [-0.25, -0.2) is 4.39 Å². The van der Waals surface area contributed by atoms with Crippen molar-refractivity contribution < 1.29 is 9.18 Å². The van der Waals surface area contributed by atoms with E-state index in [1.54, 1.807) is 0 Å². The number of carbonyl (C=O) groups excluding carboxylic acids is 1. The minimum Gasteiger partial charge on any atom is -0.325 e. The molecule has 4 nitrogen and oxygen atoms in total. The normalized spacial score (nSPS) is 11.9. The lowest BCUT2D eigenvalue weighted by atomic mass is 10.1. The monoisotopic (exact) mass is 403 g/mol. The number of thioether (sulfide) groups is 1. The molecule has 1 atom stereocenters. The molecule has 1 amide bonds.